The maximum absolute atomic E-state index is 11.7. The maximum Gasteiger partial charge on any atom is 0.337 e. The zero-order valence-electron chi connectivity index (χ0n) is 8.91. The lowest BCUT2D eigenvalue weighted by Gasteiger charge is -2.02. The van der Waals surface area contributed by atoms with Gasteiger partial charge >= 0.3 is 11.3 Å². The Balaban J connectivity index is 2.35. The smallest absolute Gasteiger partial charge is 0.337 e. The highest BCUT2D eigenvalue weighted by atomic mass is 16.4. The van der Waals surface area contributed by atoms with Crippen LogP contribution in [0, 0.1) is 5.92 Å². The van der Waals surface area contributed by atoms with Crippen molar-refractivity contribution < 1.29 is 4.42 Å². The van der Waals surface area contributed by atoms with Crippen LogP contribution in [0.2, 0.25) is 0 Å². The summed E-state index contributed by atoms with van der Waals surface area (Å²) in [5, 5.41) is 0.274. The molecule has 0 atom stereocenters. The van der Waals surface area contributed by atoms with E-state index in [9.17, 15) is 14.4 Å². The molecule has 2 aromatic rings. The molecule has 1 aliphatic carbocycles. The van der Waals surface area contributed by atoms with E-state index < -0.39 is 16.9 Å². The average molecular weight is 234 g/mol. The Bertz CT molecular complexity index is 743. The first-order chi connectivity index (χ1) is 8.13. The molecule has 0 unspecified atom stereocenters. The molecule has 1 aliphatic rings. The quantitative estimate of drug-likeness (QED) is 0.771. The Morgan fingerprint density at radius 2 is 2.00 bits per heavy atom. The summed E-state index contributed by atoms with van der Waals surface area (Å²) in [6.07, 6.45) is 2.91. The van der Waals surface area contributed by atoms with Gasteiger partial charge < -0.3 is 4.42 Å². The summed E-state index contributed by atoms with van der Waals surface area (Å²) < 4.78 is 4.83. The molecule has 0 aromatic carbocycles. The Kier molecular flexibility index (Phi) is 2.04. The van der Waals surface area contributed by atoms with Gasteiger partial charge in [-0.3, -0.25) is 14.8 Å². The van der Waals surface area contributed by atoms with E-state index in [1.54, 1.807) is 0 Å². The van der Waals surface area contributed by atoms with Crippen molar-refractivity contribution in [3.8, 4) is 0 Å². The highest BCUT2D eigenvalue weighted by Crippen LogP contribution is 2.33. The largest absolute Gasteiger partial charge is 0.405 e. The van der Waals surface area contributed by atoms with Gasteiger partial charge in [0.25, 0.3) is 5.56 Å². The second kappa shape index (κ2) is 3.44. The predicted octanol–water partition coefficient (Wildman–Crippen LogP) is 0.122. The second-order valence-corrected chi connectivity index (χ2v) is 4.35. The molecule has 17 heavy (non-hydrogen) atoms. The van der Waals surface area contributed by atoms with Crippen molar-refractivity contribution in [2.24, 2.45) is 5.92 Å². The predicted molar refractivity (Wildman–Crippen MR) is 60.2 cm³/mol. The first-order valence-corrected chi connectivity index (χ1v) is 5.43. The van der Waals surface area contributed by atoms with Gasteiger partial charge in [-0.05, 0) is 30.7 Å². The summed E-state index contributed by atoms with van der Waals surface area (Å²) >= 11 is 0. The van der Waals surface area contributed by atoms with Crippen LogP contribution in [0.15, 0.2) is 24.9 Å². The van der Waals surface area contributed by atoms with E-state index in [0.717, 1.165) is 12.8 Å². The molecule has 3 rings (SSSR count). The fourth-order valence-electron chi connectivity index (χ4n) is 1.97. The van der Waals surface area contributed by atoms with Gasteiger partial charge in [0, 0.05) is 6.07 Å². The zero-order valence-corrected chi connectivity index (χ0v) is 8.91. The number of nitrogens with one attached hydrogen (secondary N) is 2. The first-order valence-electron chi connectivity index (χ1n) is 5.43. The molecule has 1 saturated carbocycles. The van der Waals surface area contributed by atoms with Crippen LogP contribution in [0.5, 0.6) is 0 Å². The molecular formula is C11H10N2O4. The SMILES string of the molecule is O=c1[nH]c(=O)c2c(CC3CC3)cc(=O)oc2[nH]1. The van der Waals surface area contributed by atoms with Gasteiger partial charge in [0.15, 0.2) is 0 Å². The van der Waals surface area contributed by atoms with E-state index in [1.165, 1.54) is 6.07 Å². The molecule has 6 heteroatoms. The monoisotopic (exact) mass is 234 g/mol. The number of aromatic amines is 2. The molecule has 88 valence electrons. The van der Waals surface area contributed by atoms with Crippen molar-refractivity contribution in [2.45, 2.75) is 19.3 Å². The molecule has 0 saturated heterocycles. The molecule has 2 heterocycles. The van der Waals surface area contributed by atoms with Crippen molar-refractivity contribution in [1.29, 1.82) is 0 Å². The molecule has 2 N–H and O–H groups in total. The molecule has 1 fully saturated rings. The van der Waals surface area contributed by atoms with E-state index >= 15 is 0 Å². The lowest BCUT2D eigenvalue weighted by Crippen LogP contribution is -2.24. The van der Waals surface area contributed by atoms with Gasteiger partial charge in [-0.1, -0.05) is 0 Å². The van der Waals surface area contributed by atoms with E-state index in [-0.39, 0.29) is 11.1 Å². The highest BCUT2D eigenvalue weighted by molar-refractivity contribution is 5.75. The summed E-state index contributed by atoms with van der Waals surface area (Å²) in [7, 11) is 0. The topological polar surface area (TPSA) is 95.9 Å². The Hall–Kier alpha value is -2.11. The number of rotatable bonds is 2. The summed E-state index contributed by atoms with van der Waals surface area (Å²) in [5.41, 5.74) is -1.12. The minimum Gasteiger partial charge on any atom is -0.405 e. The van der Waals surface area contributed by atoms with Crippen LogP contribution >= 0.6 is 0 Å². The van der Waals surface area contributed by atoms with Gasteiger partial charge in [-0.15, -0.1) is 0 Å². The third kappa shape index (κ3) is 1.82. The van der Waals surface area contributed by atoms with Gasteiger partial charge in [0.1, 0.15) is 5.39 Å². The van der Waals surface area contributed by atoms with Gasteiger partial charge in [0.05, 0.1) is 0 Å². The normalized spacial score (nSPS) is 15.3. The van der Waals surface area contributed by atoms with Gasteiger partial charge in [-0.25, -0.2) is 9.59 Å². The number of hydrogen-bond acceptors (Lipinski definition) is 4. The van der Waals surface area contributed by atoms with E-state index in [1.807, 2.05) is 0 Å². The Morgan fingerprint density at radius 3 is 2.71 bits per heavy atom. The zero-order chi connectivity index (χ0) is 12.0. The number of H-pyrrole nitrogens is 2. The van der Waals surface area contributed by atoms with Crippen LogP contribution in [0.25, 0.3) is 11.1 Å². The third-order valence-corrected chi connectivity index (χ3v) is 2.93. The third-order valence-electron chi connectivity index (χ3n) is 2.93. The number of hydrogen-bond donors (Lipinski definition) is 2. The van der Waals surface area contributed by atoms with Crippen molar-refractivity contribution in [2.75, 3.05) is 0 Å². The van der Waals surface area contributed by atoms with E-state index in [0.29, 0.717) is 17.9 Å². The lowest BCUT2D eigenvalue weighted by atomic mass is 10.1. The fourth-order valence-corrected chi connectivity index (χ4v) is 1.97. The molecule has 0 bridgehead atoms. The molecule has 0 aliphatic heterocycles. The molecule has 6 nitrogen and oxygen atoms in total. The summed E-state index contributed by atoms with van der Waals surface area (Å²) in [6, 6.07) is 1.33. The van der Waals surface area contributed by atoms with Crippen LogP contribution in [-0.4, -0.2) is 9.97 Å². The number of fused-ring (bicyclic) bond motifs is 1. The summed E-state index contributed by atoms with van der Waals surface area (Å²) in [6.45, 7) is 0. The molecule has 0 spiro atoms. The fraction of sp³-hybridized carbons (Fsp3) is 0.364. The van der Waals surface area contributed by atoms with Crippen LogP contribution in [0.1, 0.15) is 18.4 Å². The first kappa shape index (κ1) is 10.1. The van der Waals surface area contributed by atoms with Crippen LogP contribution in [-0.2, 0) is 6.42 Å². The lowest BCUT2D eigenvalue weighted by molar-refractivity contribution is 0.543. The summed E-state index contributed by atoms with van der Waals surface area (Å²) in [4.78, 5) is 38.6. The van der Waals surface area contributed by atoms with Gasteiger partial charge in [-0.2, -0.15) is 0 Å². The average Bonchev–Trinajstić information content (AvgIpc) is 2.99. The molecule has 0 amide bonds. The van der Waals surface area contributed by atoms with Crippen molar-refractivity contribution in [3.63, 3.8) is 0 Å². The van der Waals surface area contributed by atoms with Crippen molar-refractivity contribution in [3.05, 3.63) is 42.9 Å². The van der Waals surface area contributed by atoms with Crippen LogP contribution in [0.4, 0.5) is 0 Å². The van der Waals surface area contributed by atoms with E-state index in [4.69, 9.17) is 4.42 Å². The van der Waals surface area contributed by atoms with Gasteiger partial charge in [0.2, 0.25) is 5.71 Å². The summed E-state index contributed by atoms with van der Waals surface area (Å²) in [5.74, 6) is 0.534. The molecule has 0 radical (unpaired) electrons. The number of aromatic nitrogens is 2. The maximum atomic E-state index is 11.7. The van der Waals surface area contributed by atoms with Crippen molar-refractivity contribution in [1.82, 2.24) is 9.97 Å². The van der Waals surface area contributed by atoms with Crippen LogP contribution in [0.3, 0.4) is 0 Å². The Labute approximate surface area is 94.3 Å². The minimum absolute atomic E-state index is 0.0399. The second-order valence-electron chi connectivity index (χ2n) is 4.35. The standard InChI is InChI=1S/C11H10N2O4/c14-7-4-6(3-5-1-2-5)8-9(15)12-11(16)13-10(8)17-7/h4-5H,1-3H2,(H2,12,13,15,16). The molecular weight excluding hydrogens is 224 g/mol. The highest BCUT2D eigenvalue weighted by Gasteiger charge is 2.24. The van der Waals surface area contributed by atoms with E-state index in [2.05, 4.69) is 9.97 Å². The Morgan fingerprint density at radius 1 is 1.24 bits per heavy atom. The minimum atomic E-state index is -0.672. The molecule has 2 aromatic heterocycles. The van der Waals surface area contributed by atoms with Crippen molar-refractivity contribution >= 4 is 11.1 Å². The van der Waals surface area contributed by atoms with Crippen LogP contribution < -0.4 is 16.9 Å².